The van der Waals surface area contributed by atoms with Crippen LogP contribution >= 0.6 is 0 Å². The average molecular weight is 968 g/mol. The van der Waals surface area contributed by atoms with Gasteiger partial charge in [-0.05, 0) is 83.5 Å². The zero-order valence-electron chi connectivity index (χ0n) is 46.1. The molecule has 1 unspecified atom stereocenters. The molecule has 6 heteroatoms. The summed E-state index contributed by atoms with van der Waals surface area (Å²) >= 11 is 0. The lowest BCUT2D eigenvalue weighted by Crippen LogP contribution is -2.30. The van der Waals surface area contributed by atoms with Gasteiger partial charge in [-0.25, -0.2) is 0 Å². The van der Waals surface area contributed by atoms with Gasteiger partial charge < -0.3 is 14.2 Å². The van der Waals surface area contributed by atoms with Gasteiger partial charge in [-0.2, -0.15) is 0 Å². The van der Waals surface area contributed by atoms with E-state index in [9.17, 15) is 14.4 Å². The van der Waals surface area contributed by atoms with E-state index in [0.29, 0.717) is 19.3 Å². The summed E-state index contributed by atoms with van der Waals surface area (Å²) in [6.45, 7) is 6.65. The number of unbranched alkanes of at least 4 members (excludes halogenated alkanes) is 36. The summed E-state index contributed by atoms with van der Waals surface area (Å²) in [7, 11) is 0. The van der Waals surface area contributed by atoms with Gasteiger partial charge in [0.2, 0.25) is 0 Å². The van der Waals surface area contributed by atoms with Crippen LogP contribution in [0.1, 0.15) is 316 Å². The van der Waals surface area contributed by atoms with E-state index in [0.717, 1.165) is 83.5 Å². The highest BCUT2D eigenvalue weighted by Crippen LogP contribution is 2.16. The van der Waals surface area contributed by atoms with E-state index in [2.05, 4.69) is 69.4 Å². The van der Waals surface area contributed by atoms with E-state index >= 15 is 0 Å². The van der Waals surface area contributed by atoms with Gasteiger partial charge in [0.05, 0.1) is 0 Å². The fraction of sp³-hybridized carbons (Fsp3) is 0.825. The lowest BCUT2D eigenvalue weighted by molar-refractivity contribution is -0.167. The quantitative estimate of drug-likeness (QED) is 0.0262. The van der Waals surface area contributed by atoms with Crippen LogP contribution < -0.4 is 0 Å². The zero-order valence-corrected chi connectivity index (χ0v) is 46.1. The molecule has 0 bridgehead atoms. The predicted octanol–water partition coefficient (Wildman–Crippen LogP) is 20.2. The van der Waals surface area contributed by atoms with Crippen LogP contribution in [0.15, 0.2) is 48.6 Å². The molecule has 0 aliphatic heterocycles. The Morgan fingerprint density at radius 2 is 0.522 bits per heavy atom. The molecule has 0 N–H and O–H groups in total. The molecule has 0 heterocycles. The number of allylic oxidation sites excluding steroid dienone is 8. The van der Waals surface area contributed by atoms with Crippen LogP contribution in [-0.4, -0.2) is 37.2 Å². The second-order valence-electron chi connectivity index (χ2n) is 20.3. The number of hydrogen-bond acceptors (Lipinski definition) is 6. The van der Waals surface area contributed by atoms with Gasteiger partial charge in [-0.15, -0.1) is 0 Å². The van der Waals surface area contributed by atoms with Crippen molar-refractivity contribution in [2.45, 2.75) is 322 Å². The van der Waals surface area contributed by atoms with Gasteiger partial charge in [0, 0.05) is 19.3 Å². The van der Waals surface area contributed by atoms with E-state index in [4.69, 9.17) is 14.2 Å². The fourth-order valence-electron chi connectivity index (χ4n) is 8.74. The molecule has 0 spiro atoms. The van der Waals surface area contributed by atoms with Gasteiger partial charge in [0.15, 0.2) is 6.10 Å². The number of carbonyl (C=O) groups is 3. The molecule has 0 radical (unpaired) electrons. The van der Waals surface area contributed by atoms with Crippen LogP contribution in [0.5, 0.6) is 0 Å². The van der Waals surface area contributed by atoms with E-state index in [1.165, 1.54) is 193 Å². The molecule has 0 aromatic heterocycles. The SMILES string of the molecule is CCCCCCC/C=C\C/C=C\C/C=C\CCCCCCCCC(=O)OCC(COC(=O)CCCCCCCCCCCCCCCC)OC(=O)CCCCCCC/C=C\CCCCCCCCC. The van der Waals surface area contributed by atoms with Gasteiger partial charge in [-0.1, -0.05) is 262 Å². The molecule has 0 saturated carbocycles. The molecule has 0 aliphatic rings. The second-order valence-corrected chi connectivity index (χ2v) is 20.3. The lowest BCUT2D eigenvalue weighted by atomic mass is 10.0. The molecule has 0 saturated heterocycles. The first-order valence-electron chi connectivity index (χ1n) is 30.1. The van der Waals surface area contributed by atoms with E-state index in [-0.39, 0.29) is 31.1 Å². The summed E-state index contributed by atoms with van der Waals surface area (Å²) in [5, 5.41) is 0. The minimum absolute atomic E-state index is 0.0776. The molecule has 0 amide bonds. The molecular weight excluding hydrogens is 853 g/mol. The first kappa shape index (κ1) is 66.4. The third-order valence-corrected chi connectivity index (χ3v) is 13.3. The monoisotopic (exact) mass is 967 g/mol. The van der Waals surface area contributed by atoms with Crippen molar-refractivity contribution in [2.24, 2.45) is 0 Å². The molecule has 69 heavy (non-hydrogen) atoms. The maximum absolute atomic E-state index is 12.9. The summed E-state index contributed by atoms with van der Waals surface area (Å²) in [5.41, 5.74) is 0. The largest absolute Gasteiger partial charge is 0.462 e. The summed E-state index contributed by atoms with van der Waals surface area (Å²) in [5.74, 6) is -0.883. The topological polar surface area (TPSA) is 78.9 Å². The lowest BCUT2D eigenvalue weighted by Gasteiger charge is -2.18. The number of hydrogen-bond donors (Lipinski definition) is 0. The number of rotatable bonds is 55. The van der Waals surface area contributed by atoms with Gasteiger partial charge in [0.1, 0.15) is 13.2 Å². The molecule has 0 rings (SSSR count). The van der Waals surface area contributed by atoms with Crippen molar-refractivity contribution in [2.75, 3.05) is 13.2 Å². The Labute approximate surface area is 428 Å². The third-order valence-electron chi connectivity index (χ3n) is 13.3. The molecule has 0 aromatic rings. The highest BCUT2D eigenvalue weighted by atomic mass is 16.6. The van der Waals surface area contributed by atoms with Crippen LogP contribution in [0.2, 0.25) is 0 Å². The highest BCUT2D eigenvalue weighted by Gasteiger charge is 2.19. The molecular formula is C63H114O6. The third kappa shape index (κ3) is 56.2. The summed E-state index contributed by atoms with van der Waals surface area (Å²) in [6, 6.07) is 0. The molecule has 1 atom stereocenters. The maximum Gasteiger partial charge on any atom is 0.306 e. The van der Waals surface area contributed by atoms with Crippen molar-refractivity contribution in [3.8, 4) is 0 Å². The number of carbonyl (C=O) groups excluding carboxylic acids is 3. The Hall–Kier alpha value is -2.63. The van der Waals surface area contributed by atoms with Crippen molar-refractivity contribution in [1.82, 2.24) is 0 Å². The molecule has 0 aromatic carbocycles. The van der Waals surface area contributed by atoms with E-state index in [1.54, 1.807) is 0 Å². The Morgan fingerprint density at radius 3 is 0.826 bits per heavy atom. The molecule has 402 valence electrons. The van der Waals surface area contributed by atoms with Crippen molar-refractivity contribution >= 4 is 17.9 Å². The van der Waals surface area contributed by atoms with Crippen LogP contribution in [0, 0.1) is 0 Å². The van der Waals surface area contributed by atoms with Gasteiger partial charge in [0.25, 0.3) is 0 Å². The second kappa shape index (κ2) is 57.9. The average Bonchev–Trinajstić information content (AvgIpc) is 3.35. The minimum Gasteiger partial charge on any atom is -0.462 e. The Balaban J connectivity index is 4.37. The summed E-state index contributed by atoms with van der Waals surface area (Å²) < 4.78 is 16.9. The van der Waals surface area contributed by atoms with Crippen molar-refractivity contribution < 1.29 is 28.6 Å². The smallest absolute Gasteiger partial charge is 0.306 e. The van der Waals surface area contributed by atoms with Gasteiger partial charge in [-0.3, -0.25) is 14.4 Å². The number of esters is 3. The van der Waals surface area contributed by atoms with Crippen molar-refractivity contribution in [3.05, 3.63) is 48.6 Å². The molecule has 0 aliphatic carbocycles. The zero-order chi connectivity index (χ0) is 50.0. The van der Waals surface area contributed by atoms with Crippen LogP contribution in [-0.2, 0) is 28.6 Å². The Kier molecular flexibility index (Phi) is 55.7. The maximum atomic E-state index is 12.9. The predicted molar refractivity (Wildman–Crippen MR) is 298 cm³/mol. The number of ether oxygens (including phenoxy) is 3. The van der Waals surface area contributed by atoms with Crippen molar-refractivity contribution in [3.63, 3.8) is 0 Å². The van der Waals surface area contributed by atoms with Crippen LogP contribution in [0.3, 0.4) is 0 Å². The van der Waals surface area contributed by atoms with E-state index in [1.807, 2.05) is 0 Å². The standard InChI is InChI=1S/C63H114O6/c1-4-7-10-13-16-19-22-25-28-30-31-32-33-34-36-38-41-44-47-50-53-56-62(65)68-59-60(58-67-61(64)55-52-49-46-43-40-37-27-24-21-18-15-12-9-6-3)69-63(66)57-54-51-48-45-42-39-35-29-26-23-20-17-14-11-8-5-2/h22,25,29-31,33-35,60H,4-21,23-24,26-28,32,36-59H2,1-3H3/b25-22-,31-30-,34-33-,35-29-. The minimum atomic E-state index is -0.781. The Morgan fingerprint density at radius 1 is 0.290 bits per heavy atom. The van der Waals surface area contributed by atoms with Crippen molar-refractivity contribution in [1.29, 1.82) is 0 Å². The Bertz CT molecular complexity index is 1200. The normalized spacial score (nSPS) is 12.3. The molecule has 6 nitrogen and oxygen atoms in total. The van der Waals surface area contributed by atoms with Crippen LogP contribution in [0.4, 0.5) is 0 Å². The first-order chi connectivity index (χ1) is 34.0. The first-order valence-corrected chi connectivity index (χ1v) is 30.1. The summed E-state index contributed by atoms with van der Waals surface area (Å²) in [4.78, 5) is 38.2. The van der Waals surface area contributed by atoms with Gasteiger partial charge >= 0.3 is 17.9 Å². The van der Waals surface area contributed by atoms with E-state index < -0.39 is 6.10 Å². The molecule has 0 fully saturated rings. The van der Waals surface area contributed by atoms with Crippen LogP contribution in [0.25, 0.3) is 0 Å². The highest BCUT2D eigenvalue weighted by molar-refractivity contribution is 5.71. The summed E-state index contributed by atoms with van der Waals surface area (Å²) in [6.07, 6.45) is 71.0. The fourth-order valence-corrected chi connectivity index (χ4v) is 8.74.